The number of methoxy groups -OCH3 is 1. The molecule has 22 heavy (non-hydrogen) atoms. The van der Waals surface area contributed by atoms with Gasteiger partial charge in [-0.2, -0.15) is 0 Å². The molecule has 2 aliphatic carbocycles. The van der Waals surface area contributed by atoms with Crippen LogP contribution in [0.3, 0.4) is 0 Å². The van der Waals surface area contributed by atoms with Crippen LogP contribution < -0.4 is 10.1 Å². The van der Waals surface area contributed by atoms with Crippen LogP contribution in [-0.4, -0.2) is 31.8 Å². The van der Waals surface area contributed by atoms with E-state index in [9.17, 15) is 4.79 Å². The Balaban J connectivity index is 1.43. The van der Waals surface area contributed by atoms with Gasteiger partial charge in [-0.25, -0.2) is 0 Å². The monoisotopic (exact) mass is 303 g/mol. The quantitative estimate of drug-likeness (QED) is 0.879. The highest BCUT2D eigenvalue weighted by molar-refractivity contribution is 5.78. The average Bonchev–Trinajstić information content (AvgIpc) is 3.32. The molecule has 120 valence electrons. The summed E-state index contributed by atoms with van der Waals surface area (Å²) in [6, 6.07) is 8.25. The SMILES string of the molecule is COc1ccccc1[C@@H]1C[C@H]1NC(=O)COC1CCCCC1. The number of carbonyl (C=O) groups excluding carboxylic acids is 1. The van der Waals surface area contributed by atoms with E-state index in [0.717, 1.165) is 25.0 Å². The Morgan fingerprint density at radius 3 is 2.77 bits per heavy atom. The van der Waals surface area contributed by atoms with E-state index < -0.39 is 0 Å². The molecule has 2 atom stereocenters. The van der Waals surface area contributed by atoms with Crippen LogP contribution in [0.5, 0.6) is 5.75 Å². The minimum absolute atomic E-state index is 0.00738. The first-order valence-electron chi connectivity index (χ1n) is 8.32. The van der Waals surface area contributed by atoms with Crippen LogP contribution in [0.15, 0.2) is 24.3 Å². The number of benzene rings is 1. The van der Waals surface area contributed by atoms with Crippen molar-refractivity contribution in [3.63, 3.8) is 0 Å². The number of amides is 1. The van der Waals surface area contributed by atoms with E-state index in [1.54, 1.807) is 7.11 Å². The molecule has 0 aliphatic heterocycles. The molecule has 2 fully saturated rings. The van der Waals surface area contributed by atoms with Crippen LogP contribution in [0.4, 0.5) is 0 Å². The van der Waals surface area contributed by atoms with E-state index in [1.165, 1.54) is 24.8 Å². The number of rotatable bonds is 6. The number of ether oxygens (including phenoxy) is 2. The lowest BCUT2D eigenvalue weighted by Gasteiger charge is -2.21. The van der Waals surface area contributed by atoms with E-state index in [-0.39, 0.29) is 24.7 Å². The fourth-order valence-electron chi connectivity index (χ4n) is 3.34. The third kappa shape index (κ3) is 3.80. The standard InChI is InChI=1S/C18H25NO3/c1-21-17-10-6-5-9-14(17)15-11-16(15)19-18(20)12-22-13-7-3-2-4-8-13/h5-6,9-10,13,15-16H,2-4,7-8,11-12H2,1H3,(H,19,20)/t15-,16+/m0/s1. The minimum atomic E-state index is 0.00738. The predicted molar refractivity (Wildman–Crippen MR) is 85.1 cm³/mol. The molecule has 1 N–H and O–H groups in total. The second-order valence-electron chi connectivity index (χ2n) is 6.33. The van der Waals surface area contributed by atoms with Gasteiger partial charge in [-0.3, -0.25) is 4.79 Å². The molecule has 2 saturated carbocycles. The highest BCUT2D eigenvalue weighted by Crippen LogP contribution is 2.44. The molecule has 1 aromatic rings. The van der Waals surface area contributed by atoms with Gasteiger partial charge >= 0.3 is 0 Å². The summed E-state index contributed by atoms with van der Waals surface area (Å²) in [7, 11) is 1.69. The number of para-hydroxylation sites is 1. The molecule has 0 saturated heterocycles. The zero-order chi connectivity index (χ0) is 15.4. The van der Waals surface area contributed by atoms with Crippen molar-refractivity contribution < 1.29 is 14.3 Å². The molecule has 0 unspecified atom stereocenters. The molecular weight excluding hydrogens is 278 g/mol. The summed E-state index contributed by atoms with van der Waals surface area (Å²) >= 11 is 0. The summed E-state index contributed by atoms with van der Waals surface area (Å²) in [4.78, 5) is 12.0. The van der Waals surface area contributed by atoms with Crippen molar-refractivity contribution in [3.05, 3.63) is 29.8 Å². The second kappa shape index (κ2) is 7.14. The van der Waals surface area contributed by atoms with Crippen molar-refractivity contribution in [1.82, 2.24) is 5.32 Å². The van der Waals surface area contributed by atoms with Gasteiger partial charge in [-0.15, -0.1) is 0 Å². The van der Waals surface area contributed by atoms with Crippen molar-refractivity contribution in [2.75, 3.05) is 13.7 Å². The van der Waals surface area contributed by atoms with Gasteiger partial charge in [0.2, 0.25) is 5.91 Å². The Morgan fingerprint density at radius 2 is 2.00 bits per heavy atom. The summed E-state index contributed by atoms with van der Waals surface area (Å²) in [5.74, 6) is 1.28. The molecule has 1 aromatic carbocycles. The maximum atomic E-state index is 12.0. The summed E-state index contributed by atoms with van der Waals surface area (Å²) in [6.45, 7) is 0.194. The topological polar surface area (TPSA) is 47.6 Å². The van der Waals surface area contributed by atoms with Gasteiger partial charge in [0.1, 0.15) is 12.4 Å². The van der Waals surface area contributed by atoms with Crippen LogP contribution in [0.2, 0.25) is 0 Å². The Morgan fingerprint density at radius 1 is 1.23 bits per heavy atom. The molecule has 4 nitrogen and oxygen atoms in total. The van der Waals surface area contributed by atoms with E-state index in [2.05, 4.69) is 11.4 Å². The van der Waals surface area contributed by atoms with Crippen LogP contribution in [0.1, 0.15) is 50.0 Å². The summed E-state index contributed by atoms with van der Waals surface area (Å²) < 4.78 is 11.1. The van der Waals surface area contributed by atoms with Gasteiger partial charge in [-0.1, -0.05) is 37.5 Å². The van der Waals surface area contributed by atoms with Gasteiger partial charge in [0.25, 0.3) is 0 Å². The first kappa shape index (κ1) is 15.3. The molecule has 0 aromatic heterocycles. The van der Waals surface area contributed by atoms with Crippen LogP contribution in [-0.2, 0) is 9.53 Å². The first-order chi connectivity index (χ1) is 10.8. The van der Waals surface area contributed by atoms with Gasteiger partial charge in [0, 0.05) is 12.0 Å². The normalized spacial score (nSPS) is 24.8. The number of hydrogen-bond donors (Lipinski definition) is 1. The summed E-state index contributed by atoms with van der Waals surface area (Å²) in [6.07, 6.45) is 7.21. The Labute approximate surface area is 132 Å². The lowest BCUT2D eigenvalue weighted by molar-refractivity contribution is -0.128. The molecule has 0 bridgehead atoms. The van der Waals surface area contributed by atoms with E-state index in [0.29, 0.717) is 5.92 Å². The van der Waals surface area contributed by atoms with Gasteiger partial charge in [0.05, 0.1) is 13.2 Å². The number of hydrogen-bond acceptors (Lipinski definition) is 3. The molecule has 2 aliphatic rings. The molecule has 4 heteroatoms. The van der Waals surface area contributed by atoms with Crippen molar-refractivity contribution in [3.8, 4) is 5.75 Å². The summed E-state index contributed by atoms with van der Waals surface area (Å²) in [5, 5.41) is 3.07. The molecular formula is C18H25NO3. The van der Waals surface area contributed by atoms with Gasteiger partial charge < -0.3 is 14.8 Å². The fourth-order valence-corrected chi connectivity index (χ4v) is 3.34. The largest absolute Gasteiger partial charge is 0.496 e. The third-order valence-electron chi connectivity index (χ3n) is 4.68. The highest BCUT2D eigenvalue weighted by atomic mass is 16.5. The molecule has 0 radical (unpaired) electrons. The smallest absolute Gasteiger partial charge is 0.246 e. The minimum Gasteiger partial charge on any atom is -0.496 e. The third-order valence-corrected chi connectivity index (χ3v) is 4.68. The van der Waals surface area contributed by atoms with Crippen molar-refractivity contribution in [2.24, 2.45) is 0 Å². The molecule has 0 heterocycles. The number of carbonyl (C=O) groups is 1. The lowest BCUT2D eigenvalue weighted by atomic mass is 9.98. The number of nitrogens with one attached hydrogen (secondary N) is 1. The van der Waals surface area contributed by atoms with Crippen LogP contribution >= 0.6 is 0 Å². The molecule has 0 spiro atoms. The molecule has 3 rings (SSSR count). The van der Waals surface area contributed by atoms with Gasteiger partial charge in [0.15, 0.2) is 0 Å². The fraction of sp³-hybridized carbons (Fsp3) is 0.611. The molecule has 1 amide bonds. The van der Waals surface area contributed by atoms with Crippen molar-refractivity contribution in [1.29, 1.82) is 0 Å². The highest BCUT2D eigenvalue weighted by Gasteiger charge is 2.41. The predicted octanol–water partition coefficient (Wildman–Crippen LogP) is 3.02. The van der Waals surface area contributed by atoms with E-state index >= 15 is 0 Å². The van der Waals surface area contributed by atoms with Crippen LogP contribution in [0.25, 0.3) is 0 Å². The van der Waals surface area contributed by atoms with Crippen molar-refractivity contribution in [2.45, 2.75) is 56.6 Å². The second-order valence-corrected chi connectivity index (χ2v) is 6.33. The van der Waals surface area contributed by atoms with E-state index in [4.69, 9.17) is 9.47 Å². The maximum absolute atomic E-state index is 12.0. The Bertz CT molecular complexity index is 511. The lowest BCUT2D eigenvalue weighted by Crippen LogP contribution is -2.32. The van der Waals surface area contributed by atoms with E-state index in [1.807, 2.05) is 18.2 Å². The van der Waals surface area contributed by atoms with Crippen molar-refractivity contribution >= 4 is 5.91 Å². The Hall–Kier alpha value is -1.55. The van der Waals surface area contributed by atoms with Gasteiger partial charge in [-0.05, 0) is 30.9 Å². The summed E-state index contributed by atoms with van der Waals surface area (Å²) in [5.41, 5.74) is 1.18. The average molecular weight is 303 g/mol. The maximum Gasteiger partial charge on any atom is 0.246 e. The van der Waals surface area contributed by atoms with Crippen LogP contribution in [0, 0.1) is 0 Å². The zero-order valence-corrected chi connectivity index (χ0v) is 13.2. The zero-order valence-electron chi connectivity index (χ0n) is 13.2. The first-order valence-corrected chi connectivity index (χ1v) is 8.32. The Kier molecular flexibility index (Phi) is 4.98.